The van der Waals surface area contributed by atoms with Gasteiger partial charge in [0.1, 0.15) is 0 Å². The third kappa shape index (κ3) is 3.28. The van der Waals surface area contributed by atoms with Crippen LogP contribution in [-0.2, 0) is 4.74 Å². The summed E-state index contributed by atoms with van der Waals surface area (Å²) in [6, 6.07) is 1.99. The van der Waals surface area contributed by atoms with Crippen LogP contribution in [0.3, 0.4) is 0 Å². The molecule has 2 heteroatoms. The van der Waals surface area contributed by atoms with Crippen LogP contribution >= 0.6 is 0 Å². The molecule has 0 saturated heterocycles. The van der Waals surface area contributed by atoms with Crippen molar-refractivity contribution in [3.05, 3.63) is 0 Å². The van der Waals surface area contributed by atoms with E-state index in [9.17, 15) is 0 Å². The Morgan fingerprint density at radius 1 is 1.86 bits per heavy atom. The van der Waals surface area contributed by atoms with Gasteiger partial charge in [0.2, 0.25) is 0 Å². The molecule has 0 spiro atoms. The molecule has 2 nitrogen and oxygen atoms in total. The van der Waals surface area contributed by atoms with Crippen LogP contribution in [0.5, 0.6) is 0 Å². The van der Waals surface area contributed by atoms with Crippen LogP contribution in [0.1, 0.15) is 13.3 Å². The highest BCUT2D eigenvalue weighted by Gasteiger charge is 1.93. The van der Waals surface area contributed by atoms with Gasteiger partial charge in [-0.15, -0.1) is 0 Å². The van der Waals surface area contributed by atoms with Crippen LogP contribution in [-0.4, -0.2) is 13.2 Å². The highest BCUT2D eigenvalue weighted by molar-refractivity contribution is 4.72. The molecule has 0 unspecified atom stereocenters. The largest absolute Gasteiger partial charge is 0.381 e. The maximum atomic E-state index is 8.04. The fourth-order valence-electron chi connectivity index (χ4n) is 0.212. The first-order valence-corrected chi connectivity index (χ1v) is 2.21. The highest BCUT2D eigenvalue weighted by Crippen LogP contribution is 1.90. The molecule has 0 rings (SSSR count). The molecule has 7 heavy (non-hydrogen) atoms. The molecule has 0 fully saturated rings. The van der Waals surface area contributed by atoms with E-state index in [1.807, 2.05) is 13.0 Å². The van der Waals surface area contributed by atoms with Crippen LogP contribution in [0.25, 0.3) is 0 Å². The lowest BCUT2D eigenvalue weighted by atomic mass is 10.3. The molecule has 0 N–H and O–H groups in total. The van der Waals surface area contributed by atoms with Gasteiger partial charge in [-0.25, -0.2) is 0 Å². The third-order valence-electron chi connectivity index (χ3n) is 0.781. The van der Waals surface area contributed by atoms with Crippen molar-refractivity contribution in [2.75, 3.05) is 7.11 Å². The molecule has 0 aromatic heterocycles. The van der Waals surface area contributed by atoms with Crippen molar-refractivity contribution in [3.63, 3.8) is 0 Å². The molecule has 0 bridgehead atoms. The topological polar surface area (TPSA) is 33.0 Å². The van der Waals surface area contributed by atoms with E-state index in [0.29, 0.717) is 6.42 Å². The lowest BCUT2D eigenvalue weighted by Gasteiger charge is -1.99. The third-order valence-corrected chi connectivity index (χ3v) is 0.781. The summed E-state index contributed by atoms with van der Waals surface area (Å²) in [5.74, 6) is 0. The first-order chi connectivity index (χ1) is 3.31. The Hall–Kier alpha value is -0.550. The molecular formula is C5H9NO. The van der Waals surface area contributed by atoms with E-state index in [1.165, 1.54) is 0 Å². The van der Waals surface area contributed by atoms with Crippen LogP contribution in [0, 0.1) is 11.3 Å². The molecular weight excluding hydrogens is 90.1 g/mol. The van der Waals surface area contributed by atoms with Gasteiger partial charge in [-0.2, -0.15) is 5.26 Å². The second kappa shape index (κ2) is 3.63. The van der Waals surface area contributed by atoms with Crippen molar-refractivity contribution >= 4 is 0 Å². The number of hydrogen-bond acceptors (Lipinski definition) is 2. The van der Waals surface area contributed by atoms with Crippen molar-refractivity contribution in [2.24, 2.45) is 0 Å². The van der Waals surface area contributed by atoms with Crippen molar-refractivity contribution in [3.8, 4) is 6.07 Å². The lowest BCUT2D eigenvalue weighted by Crippen LogP contribution is -2.01. The van der Waals surface area contributed by atoms with Crippen molar-refractivity contribution in [2.45, 2.75) is 19.4 Å². The van der Waals surface area contributed by atoms with Gasteiger partial charge in [0.05, 0.1) is 18.6 Å². The quantitative estimate of drug-likeness (QED) is 0.516. The Bertz CT molecular complexity index is 74.6. The summed E-state index contributed by atoms with van der Waals surface area (Å²) in [6.45, 7) is 1.86. The first kappa shape index (κ1) is 6.45. The van der Waals surface area contributed by atoms with Gasteiger partial charge in [0.25, 0.3) is 0 Å². The van der Waals surface area contributed by atoms with Crippen molar-refractivity contribution < 1.29 is 4.74 Å². The van der Waals surface area contributed by atoms with Gasteiger partial charge >= 0.3 is 0 Å². The van der Waals surface area contributed by atoms with E-state index < -0.39 is 0 Å². The van der Waals surface area contributed by atoms with Gasteiger partial charge in [0, 0.05) is 7.11 Å². The fourth-order valence-corrected chi connectivity index (χ4v) is 0.212. The molecule has 1 atom stereocenters. The van der Waals surface area contributed by atoms with Gasteiger partial charge in [-0.1, -0.05) is 0 Å². The van der Waals surface area contributed by atoms with Crippen LogP contribution in [0.2, 0.25) is 0 Å². The Morgan fingerprint density at radius 3 is 2.57 bits per heavy atom. The zero-order chi connectivity index (χ0) is 5.70. The van der Waals surface area contributed by atoms with Gasteiger partial charge in [-0.3, -0.25) is 0 Å². The maximum Gasteiger partial charge on any atom is 0.0673 e. The minimum Gasteiger partial charge on any atom is -0.381 e. The second-order valence-electron chi connectivity index (χ2n) is 1.41. The average Bonchev–Trinajstić information content (AvgIpc) is 1.68. The van der Waals surface area contributed by atoms with Gasteiger partial charge in [-0.05, 0) is 6.92 Å². The SMILES string of the molecule is CO[C@H](C)CC#N. The molecule has 0 heterocycles. The molecule has 40 valence electrons. The Kier molecular flexibility index (Phi) is 3.35. The van der Waals surface area contributed by atoms with E-state index >= 15 is 0 Å². The van der Waals surface area contributed by atoms with Crippen LogP contribution in [0.4, 0.5) is 0 Å². The monoisotopic (exact) mass is 99.1 g/mol. The standard InChI is InChI=1S/C5H9NO/c1-5(7-2)3-4-6/h5H,3H2,1-2H3/t5-/m1/s1. The summed E-state index contributed by atoms with van der Waals surface area (Å²) < 4.78 is 4.77. The van der Waals surface area contributed by atoms with Crippen LogP contribution in [0.15, 0.2) is 0 Å². The summed E-state index contributed by atoms with van der Waals surface area (Å²) in [7, 11) is 1.60. The summed E-state index contributed by atoms with van der Waals surface area (Å²) in [4.78, 5) is 0. The molecule has 0 aromatic rings. The van der Waals surface area contributed by atoms with E-state index in [2.05, 4.69) is 0 Å². The summed E-state index contributed by atoms with van der Waals surface area (Å²) in [5, 5.41) is 8.04. The Morgan fingerprint density at radius 2 is 2.43 bits per heavy atom. The zero-order valence-corrected chi connectivity index (χ0v) is 4.64. The molecule has 0 aromatic carbocycles. The van der Waals surface area contributed by atoms with Crippen LogP contribution < -0.4 is 0 Å². The predicted molar refractivity (Wildman–Crippen MR) is 26.7 cm³/mol. The van der Waals surface area contributed by atoms with E-state index in [-0.39, 0.29) is 6.10 Å². The summed E-state index contributed by atoms with van der Waals surface area (Å²) in [6.07, 6.45) is 0.571. The molecule has 0 aliphatic rings. The Balaban J connectivity index is 3.03. The minimum absolute atomic E-state index is 0.0880. The first-order valence-electron chi connectivity index (χ1n) is 2.21. The van der Waals surface area contributed by atoms with E-state index in [4.69, 9.17) is 10.00 Å². The smallest absolute Gasteiger partial charge is 0.0673 e. The number of hydrogen-bond donors (Lipinski definition) is 0. The lowest BCUT2D eigenvalue weighted by molar-refractivity contribution is 0.122. The second-order valence-corrected chi connectivity index (χ2v) is 1.41. The molecule has 0 aliphatic heterocycles. The zero-order valence-electron chi connectivity index (χ0n) is 4.64. The molecule has 0 radical (unpaired) electrons. The van der Waals surface area contributed by atoms with Crippen molar-refractivity contribution in [1.82, 2.24) is 0 Å². The summed E-state index contributed by atoms with van der Waals surface area (Å²) >= 11 is 0. The highest BCUT2D eigenvalue weighted by atomic mass is 16.5. The normalized spacial score (nSPS) is 12.7. The van der Waals surface area contributed by atoms with Gasteiger partial charge < -0.3 is 4.74 Å². The predicted octanol–water partition coefficient (Wildman–Crippen LogP) is 0.935. The minimum atomic E-state index is 0.0880. The number of rotatable bonds is 2. The summed E-state index contributed by atoms with van der Waals surface area (Å²) in [5.41, 5.74) is 0. The number of ether oxygens (including phenoxy) is 1. The van der Waals surface area contributed by atoms with Gasteiger partial charge in [0.15, 0.2) is 0 Å². The van der Waals surface area contributed by atoms with E-state index in [0.717, 1.165) is 0 Å². The Labute approximate surface area is 43.7 Å². The molecule has 0 aliphatic carbocycles. The number of nitrogens with zero attached hydrogens (tertiary/aromatic N) is 1. The maximum absolute atomic E-state index is 8.04. The van der Waals surface area contributed by atoms with Crippen molar-refractivity contribution in [1.29, 1.82) is 5.26 Å². The van der Waals surface area contributed by atoms with E-state index in [1.54, 1.807) is 7.11 Å². The molecule has 0 amide bonds. The number of nitriles is 1. The fraction of sp³-hybridized carbons (Fsp3) is 0.800. The number of methoxy groups -OCH3 is 1. The molecule has 0 saturated carbocycles. The average molecular weight is 99.1 g/mol.